The first-order valence-corrected chi connectivity index (χ1v) is 9.96. The molecule has 1 aliphatic rings. The highest BCUT2D eigenvalue weighted by atomic mass is 32.2. The zero-order chi connectivity index (χ0) is 18.0. The van der Waals surface area contributed by atoms with E-state index in [4.69, 9.17) is 9.47 Å². The largest absolute Gasteiger partial charge is 0.462 e. The van der Waals surface area contributed by atoms with Crippen LogP contribution in [0.1, 0.15) is 27.7 Å². The Morgan fingerprint density at radius 2 is 1.67 bits per heavy atom. The molecule has 2 unspecified atom stereocenters. The molecular weight excluding hydrogens is 330 g/mol. The second-order valence-electron chi connectivity index (χ2n) is 7.09. The predicted octanol–water partition coefficient (Wildman–Crippen LogP) is 1.82. The van der Waals surface area contributed by atoms with Gasteiger partial charge in [0.15, 0.2) is 9.84 Å². The van der Waals surface area contributed by atoms with E-state index in [9.17, 15) is 13.5 Å². The molecule has 0 radical (unpaired) electrons. The van der Waals surface area contributed by atoms with Gasteiger partial charge in [0.2, 0.25) is 6.29 Å². The Morgan fingerprint density at radius 3 is 2.12 bits per heavy atom. The minimum atomic E-state index is -2.89. The van der Waals surface area contributed by atoms with Crippen molar-refractivity contribution in [2.75, 3.05) is 29.5 Å². The fourth-order valence-electron chi connectivity index (χ4n) is 2.41. The minimum Gasteiger partial charge on any atom is -0.462 e. The standard InChI is InChI=1S/C17H27NO5S/c1-13(19)16(23-17(2,3)4)22-15-7-5-14(6-8-15)18-9-11-24(20,21)12-10-18/h5-8,13,16,19H,9-12H2,1-4H3. The summed E-state index contributed by atoms with van der Waals surface area (Å²) in [6.45, 7) is 8.34. The van der Waals surface area contributed by atoms with Gasteiger partial charge >= 0.3 is 0 Å². The smallest absolute Gasteiger partial charge is 0.226 e. The van der Waals surface area contributed by atoms with E-state index in [1.165, 1.54) is 0 Å². The molecule has 1 fully saturated rings. The van der Waals surface area contributed by atoms with Gasteiger partial charge in [-0.15, -0.1) is 0 Å². The average Bonchev–Trinajstić information content (AvgIpc) is 2.46. The molecule has 6 nitrogen and oxygen atoms in total. The molecule has 0 aliphatic carbocycles. The number of hydrogen-bond donors (Lipinski definition) is 1. The van der Waals surface area contributed by atoms with Crippen molar-refractivity contribution in [1.29, 1.82) is 0 Å². The number of aliphatic hydroxyl groups is 1. The van der Waals surface area contributed by atoms with Crippen molar-refractivity contribution in [3.05, 3.63) is 24.3 Å². The van der Waals surface area contributed by atoms with Gasteiger partial charge < -0.3 is 19.5 Å². The third-order valence-electron chi connectivity index (χ3n) is 3.66. The maximum absolute atomic E-state index is 11.5. The number of hydrogen-bond acceptors (Lipinski definition) is 6. The molecule has 136 valence electrons. The Balaban J connectivity index is 2.01. The molecule has 1 aromatic rings. The highest BCUT2D eigenvalue weighted by Crippen LogP contribution is 2.24. The van der Waals surface area contributed by atoms with E-state index >= 15 is 0 Å². The van der Waals surface area contributed by atoms with Crippen LogP contribution in [0.15, 0.2) is 24.3 Å². The number of sulfone groups is 1. The van der Waals surface area contributed by atoms with E-state index in [0.717, 1.165) is 5.69 Å². The van der Waals surface area contributed by atoms with Crippen molar-refractivity contribution in [2.45, 2.75) is 45.7 Å². The van der Waals surface area contributed by atoms with E-state index < -0.39 is 27.8 Å². The van der Waals surface area contributed by atoms with Gasteiger partial charge in [0.25, 0.3) is 0 Å². The van der Waals surface area contributed by atoms with E-state index in [1.807, 2.05) is 37.8 Å². The van der Waals surface area contributed by atoms with Crippen LogP contribution in [0.4, 0.5) is 5.69 Å². The fraction of sp³-hybridized carbons (Fsp3) is 0.647. The van der Waals surface area contributed by atoms with E-state index in [-0.39, 0.29) is 11.5 Å². The lowest BCUT2D eigenvalue weighted by molar-refractivity contribution is -0.192. The zero-order valence-corrected chi connectivity index (χ0v) is 15.5. The highest BCUT2D eigenvalue weighted by Gasteiger charge is 2.25. The summed E-state index contributed by atoms with van der Waals surface area (Å²) in [7, 11) is -2.89. The van der Waals surface area contributed by atoms with Crippen molar-refractivity contribution in [1.82, 2.24) is 0 Å². The number of ether oxygens (including phenoxy) is 2. The second-order valence-corrected chi connectivity index (χ2v) is 9.39. The molecule has 0 saturated carbocycles. The van der Waals surface area contributed by atoms with Gasteiger partial charge in [-0.05, 0) is 52.0 Å². The van der Waals surface area contributed by atoms with Crippen molar-refractivity contribution in [3.8, 4) is 5.75 Å². The lowest BCUT2D eigenvalue weighted by Gasteiger charge is -2.30. The van der Waals surface area contributed by atoms with Gasteiger partial charge in [0.05, 0.1) is 17.1 Å². The molecule has 1 saturated heterocycles. The first kappa shape index (κ1) is 19.0. The summed E-state index contributed by atoms with van der Waals surface area (Å²) in [5.41, 5.74) is 0.531. The number of nitrogens with zero attached hydrogens (tertiary/aromatic N) is 1. The van der Waals surface area contributed by atoms with E-state index in [2.05, 4.69) is 0 Å². The number of rotatable bonds is 5. The highest BCUT2D eigenvalue weighted by molar-refractivity contribution is 7.91. The summed E-state index contributed by atoms with van der Waals surface area (Å²) in [4.78, 5) is 2.04. The molecule has 24 heavy (non-hydrogen) atoms. The van der Waals surface area contributed by atoms with Crippen molar-refractivity contribution >= 4 is 15.5 Å². The molecule has 1 N–H and O–H groups in total. The molecule has 1 heterocycles. The maximum Gasteiger partial charge on any atom is 0.226 e. The normalized spacial score (nSPS) is 20.5. The first-order valence-electron chi connectivity index (χ1n) is 8.14. The summed E-state index contributed by atoms with van der Waals surface area (Å²) in [5.74, 6) is 0.974. The van der Waals surface area contributed by atoms with Gasteiger partial charge in [-0.2, -0.15) is 0 Å². The van der Waals surface area contributed by atoms with Gasteiger partial charge in [-0.3, -0.25) is 0 Å². The van der Waals surface area contributed by atoms with Crippen LogP contribution < -0.4 is 9.64 Å². The fourth-order valence-corrected chi connectivity index (χ4v) is 3.61. The Hall–Kier alpha value is -1.31. The van der Waals surface area contributed by atoms with Crippen molar-refractivity contribution in [2.24, 2.45) is 0 Å². The summed E-state index contributed by atoms with van der Waals surface area (Å²) in [6.07, 6.45) is -1.52. The molecular formula is C17H27NO5S. The molecule has 7 heteroatoms. The van der Waals surface area contributed by atoms with Crippen molar-refractivity contribution in [3.63, 3.8) is 0 Å². The molecule has 0 spiro atoms. The summed E-state index contributed by atoms with van der Waals surface area (Å²) in [5, 5.41) is 9.83. The maximum atomic E-state index is 11.5. The SMILES string of the molecule is CC(O)C(Oc1ccc(N2CCS(=O)(=O)CC2)cc1)OC(C)(C)C. The topological polar surface area (TPSA) is 76.1 Å². The number of anilines is 1. The quantitative estimate of drug-likeness (QED) is 0.810. The van der Waals surface area contributed by atoms with Crippen LogP contribution in [0.2, 0.25) is 0 Å². The monoisotopic (exact) mass is 357 g/mol. The third-order valence-corrected chi connectivity index (χ3v) is 5.27. The van der Waals surface area contributed by atoms with Gasteiger partial charge in [0.1, 0.15) is 11.9 Å². The molecule has 1 aliphatic heterocycles. The summed E-state index contributed by atoms with van der Waals surface area (Å²) in [6, 6.07) is 7.40. The van der Waals surface area contributed by atoms with Crippen LogP contribution in [0.5, 0.6) is 5.75 Å². The van der Waals surface area contributed by atoms with Gasteiger partial charge in [-0.25, -0.2) is 8.42 Å². The van der Waals surface area contributed by atoms with E-state index in [0.29, 0.717) is 18.8 Å². The lowest BCUT2D eigenvalue weighted by atomic mass is 10.2. The number of benzene rings is 1. The van der Waals surface area contributed by atoms with Crippen LogP contribution in [0.25, 0.3) is 0 Å². The molecule has 2 atom stereocenters. The Kier molecular flexibility index (Phi) is 5.78. The van der Waals surface area contributed by atoms with Gasteiger partial charge in [0, 0.05) is 18.8 Å². The summed E-state index contributed by atoms with van der Waals surface area (Å²) < 4.78 is 34.5. The Morgan fingerprint density at radius 1 is 1.12 bits per heavy atom. The van der Waals surface area contributed by atoms with Crippen LogP contribution in [-0.4, -0.2) is 56.1 Å². The van der Waals surface area contributed by atoms with Crippen molar-refractivity contribution < 1.29 is 23.0 Å². The first-order chi connectivity index (χ1) is 11.1. The summed E-state index contributed by atoms with van der Waals surface area (Å²) >= 11 is 0. The third kappa shape index (κ3) is 5.65. The Labute approximate surface area is 144 Å². The van der Waals surface area contributed by atoms with Gasteiger partial charge in [-0.1, -0.05) is 0 Å². The molecule has 0 aromatic heterocycles. The van der Waals surface area contributed by atoms with E-state index in [1.54, 1.807) is 19.1 Å². The lowest BCUT2D eigenvalue weighted by Crippen LogP contribution is -2.40. The molecule has 1 aromatic carbocycles. The Bertz CT molecular complexity index is 620. The van der Waals surface area contributed by atoms with Crippen LogP contribution in [0, 0.1) is 0 Å². The van der Waals surface area contributed by atoms with Crippen LogP contribution >= 0.6 is 0 Å². The zero-order valence-electron chi connectivity index (χ0n) is 14.7. The van der Waals surface area contributed by atoms with Crippen LogP contribution in [-0.2, 0) is 14.6 Å². The molecule has 2 rings (SSSR count). The molecule has 0 bridgehead atoms. The second kappa shape index (κ2) is 7.29. The van der Waals surface area contributed by atoms with Crippen LogP contribution in [0.3, 0.4) is 0 Å². The average molecular weight is 357 g/mol. The predicted molar refractivity (Wildman–Crippen MR) is 94.2 cm³/mol. The minimum absolute atomic E-state index is 0.189. The number of aliphatic hydroxyl groups excluding tert-OH is 1. The molecule has 0 amide bonds.